The molecule has 2 amide bonds. The number of fused-ring (bicyclic) bond motifs is 1. The smallest absolute Gasteiger partial charge is 0.418 e. The Morgan fingerprint density at radius 1 is 1.37 bits per heavy atom. The lowest BCUT2D eigenvalue weighted by Crippen LogP contribution is -2.47. The Morgan fingerprint density at radius 3 is 2.78 bits per heavy atom. The van der Waals surface area contributed by atoms with Gasteiger partial charge in [-0.15, -0.1) is 11.8 Å². The van der Waals surface area contributed by atoms with Crippen LogP contribution in [0.4, 0.5) is 18.9 Å². The van der Waals surface area contributed by atoms with Gasteiger partial charge < -0.3 is 15.0 Å². The zero-order valence-electron chi connectivity index (χ0n) is 14.3. The van der Waals surface area contributed by atoms with Crippen LogP contribution in [0.3, 0.4) is 0 Å². The Kier molecular flexibility index (Phi) is 5.11. The van der Waals surface area contributed by atoms with E-state index >= 15 is 0 Å². The van der Waals surface area contributed by atoms with E-state index < -0.39 is 46.8 Å². The number of amides is 2. The molecule has 0 bridgehead atoms. The molecule has 0 radical (unpaired) electrons. The largest absolute Gasteiger partial charge is 0.454 e. The van der Waals surface area contributed by atoms with E-state index in [1.807, 2.05) is 6.92 Å². The van der Waals surface area contributed by atoms with Crippen LogP contribution in [0, 0.1) is 0 Å². The summed E-state index contributed by atoms with van der Waals surface area (Å²) in [5.74, 6) is -1.41. The molecule has 0 unspecified atom stereocenters. The summed E-state index contributed by atoms with van der Waals surface area (Å²) in [6.45, 7) is 1.14. The molecule has 2 saturated heterocycles. The van der Waals surface area contributed by atoms with Crippen molar-refractivity contribution in [3.05, 3.63) is 29.8 Å². The highest BCUT2D eigenvalue weighted by Crippen LogP contribution is 2.47. The Bertz CT molecular complexity index is 786. The Morgan fingerprint density at radius 2 is 2.07 bits per heavy atom. The first-order chi connectivity index (χ1) is 12.6. The Labute approximate surface area is 157 Å². The van der Waals surface area contributed by atoms with Crippen molar-refractivity contribution in [2.45, 2.75) is 36.9 Å². The highest BCUT2D eigenvalue weighted by atomic mass is 32.2. The summed E-state index contributed by atoms with van der Waals surface area (Å²) in [6.07, 6.45) is -3.64. The lowest BCUT2D eigenvalue weighted by atomic mass is 10.1. The highest BCUT2D eigenvalue weighted by molar-refractivity contribution is 8.01. The standard InChI is InChI=1S/C17H17F3N2O4S/c1-16-7-6-14(24)22(16)12(9-27-16)15(25)26-8-13(23)21-11-5-3-2-4-10(11)17(18,19)20/h2-5,12H,6-9H2,1H3,(H,21,23)/t12-,16+/m0/s1. The number of nitrogens with one attached hydrogen (secondary N) is 1. The van der Waals surface area contributed by atoms with Crippen LogP contribution in [-0.2, 0) is 25.3 Å². The summed E-state index contributed by atoms with van der Waals surface area (Å²) in [4.78, 5) is 37.2. The maximum Gasteiger partial charge on any atom is 0.418 e. The Hall–Kier alpha value is -2.23. The molecule has 2 atom stereocenters. The lowest BCUT2D eigenvalue weighted by molar-refractivity contribution is -0.155. The quantitative estimate of drug-likeness (QED) is 0.784. The number of alkyl halides is 3. The number of hydrogen-bond donors (Lipinski definition) is 1. The number of thioether (sulfide) groups is 1. The molecular weight excluding hydrogens is 385 g/mol. The van der Waals surface area contributed by atoms with Gasteiger partial charge in [0.05, 0.1) is 16.1 Å². The molecule has 6 nitrogen and oxygen atoms in total. The zero-order chi connectivity index (χ0) is 19.8. The minimum atomic E-state index is -4.62. The number of carbonyl (C=O) groups excluding carboxylic acids is 3. The predicted octanol–water partition coefficient (Wildman–Crippen LogP) is 2.64. The van der Waals surface area contributed by atoms with E-state index in [-0.39, 0.29) is 5.91 Å². The maximum absolute atomic E-state index is 12.9. The lowest BCUT2D eigenvalue weighted by Gasteiger charge is -2.29. The van der Waals surface area contributed by atoms with Gasteiger partial charge in [-0.25, -0.2) is 4.79 Å². The number of rotatable bonds is 4. The SMILES string of the molecule is C[C@@]12CCC(=O)N1[C@H](C(=O)OCC(=O)Nc1ccccc1C(F)(F)F)CS2. The number of ether oxygens (including phenoxy) is 1. The molecule has 27 heavy (non-hydrogen) atoms. The first-order valence-corrected chi connectivity index (χ1v) is 9.19. The van der Waals surface area contributed by atoms with E-state index in [0.717, 1.165) is 12.1 Å². The van der Waals surface area contributed by atoms with Crippen LogP contribution >= 0.6 is 11.8 Å². The van der Waals surface area contributed by atoms with Gasteiger partial charge in [-0.2, -0.15) is 13.2 Å². The number of hydrogen-bond acceptors (Lipinski definition) is 5. The second-order valence-electron chi connectivity index (χ2n) is 6.46. The van der Waals surface area contributed by atoms with Crippen molar-refractivity contribution in [3.63, 3.8) is 0 Å². The fourth-order valence-corrected chi connectivity index (χ4v) is 4.67. The van der Waals surface area contributed by atoms with Gasteiger partial charge in [-0.05, 0) is 25.5 Å². The summed E-state index contributed by atoms with van der Waals surface area (Å²) in [7, 11) is 0. The number of halogens is 3. The van der Waals surface area contributed by atoms with Crippen LogP contribution < -0.4 is 5.32 Å². The van der Waals surface area contributed by atoms with Crippen molar-refractivity contribution in [3.8, 4) is 0 Å². The van der Waals surface area contributed by atoms with Gasteiger partial charge in [0.25, 0.3) is 5.91 Å². The first kappa shape index (κ1) is 19.5. The molecule has 10 heteroatoms. The fourth-order valence-electron chi connectivity index (χ4n) is 3.25. The number of esters is 1. The van der Waals surface area contributed by atoms with E-state index in [2.05, 4.69) is 5.32 Å². The predicted molar refractivity (Wildman–Crippen MR) is 91.8 cm³/mol. The van der Waals surface area contributed by atoms with Gasteiger partial charge in [0, 0.05) is 12.2 Å². The summed E-state index contributed by atoms with van der Waals surface area (Å²) in [5, 5.41) is 2.10. The van der Waals surface area contributed by atoms with Crippen LogP contribution in [0.5, 0.6) is 0 Å². The van der Waals surface area contributed by atoms with Gasteiger partial charge in [0.1, 0.15) is 6.04 Å². The third-order valence-corrected chi connectivity index (χ3v) is 6.07. The van der Waals surface area contributed by atoms with Crippen molar-refractivity contribution in [2.24, 2.45) is 0 Å². The molecule has 0 aromatic heterocycles. The molecule has 1 aromatic carbocycles. The summed E-state index contributed by atoms with van der Waals surface area (Å²) < 4.78 is 43.8. The van der Waals surface area contributed by atoms with Crippen LogP contribution in [0.1, 0.15) is 25.3 Å². The Balaban J connectivity index is 1.59. The molecule has 146 valence electrons. The van der Waals surface area contributed by atoms with Crippen molar-refractivity contribution < 1.29 is 32.3 Å². The summed E-state index contributed by atoms with van der Waals surface area (Å²) in [6, 6.07) is 3.74. The average Bonchev–Trinajstić information content (AvgIpc) is 3.08. The summed E-state index contributed by atoms with van der Waals surface area (Å²) in [5.41, 5.74) is -1.40. The first-order valence-electron chi connectivity index (χ1n) is 8.21. The molecule has 3 rings (SSSR count). The van der Waals surface area contributed by atoms with Gasteiger partial charge in [0.2, 0.25) is 5.91 Å². The van der Waals surface area contributed by atoms with E-state index in [1.165, 1.54) is 28.8 Å². The van der Waals surface area contributed by atoms with Gasteiger partial charge in [-0.3, -0.25) is 9.59 Å². The molecule has 0 saturated carbocycles. The van der Waals surface area contributed by atoms with Crippen LogP contribution in [0.15, 0.2) is 24.3 Å². The second-order valence-corrected chi connectivity index (χ2v) is 7.97. The van der Waals surface area contributed by atoms with Gasteiger partial charge in [0.15, 0.2) is 6.61 Å². The van der Waals surface area contributed by atoms with Gasteiger partial charge >= 0.3 is 12.1 Å². The molecule has 2 fully saturated rings. The third kappa shape index (κ3) is 3.90. The number of benzene rings is 1. The topological polar surface area (TPSA) is 75.7 Å². The number of anilines is 1. The highest BCUT2D eigenvalue weighted by Gasteiger charge is 2.53. The van der Waals surface area contributed by atoms with Crippen molar-refractivity contribution in [1.29, 1.82) is 0 Å². The van der Waals surface area contributed by atoms with Gasteiger partial charge in [-0.1, -0.05) is 12.1 Å². The zero-order valence-corrected chi connectivity index (χ0v) is 15.2. The van der Waals surface area contributed by atoms with E-state index in [0.29, 0.717) is 18.6 Å². The van der Waals surface area contributed by atoms with Crippen LogP contribution in [-0.4, -0.2) is 46.0 Å². The normalized spacial score (nSPS) is 24.7. The van der Waals surface area contributed by atoms with E-state index in [4.69, 9.17) is 4.74 Å². The van der Waals surface area contributed by atoms with E-state index in [1.54, 1.807) is 0 Å². The number of para-hydroxylation sites is 1. The third-order valence-electron chi connectivity index (χ3n) is 4.57. The van der Waals surface area contributed by atoms with Crippen molar-refractivity contribution in [2.75, 3.05) is 17.7 Å². The maximum atomic E-state index is 12.9. The molecule has 2 heterocycles. The molecular formula is C17H17F3N2O4S. The van der Waals surface area contributed by atoms with Crippen LogP contribution in [0.25, 0.3) is 0 Å². The number of carbonyl (C=O) groups is 3. The molecule has 2 aliphatic heterocycles. The molecule has 1 aromatic rings. The number of nitrogens with zero attached hydrogens (tertiary/aromatic N) is 1. The molecule has 0 spiro atoms. The molecule has 0 aliphatic carbocycles. The summed E-state index contributed by atoms with van der Waals surface area (Å²) >= 11 is 1.48. The van der Waals surface area contributed by atoms with E-state index in [9.17, 15) is 27.6 Å². The fraction of sp³-hybridized carbons (Fsp3) is 0.471. The van der Waals surface area contributed by atoms with Crippen LogP contribution in [0.2, 0.25) is 0 Å². The molecule has 2 aliphatic rings. The van der Waals surface area contributed by atoms with Crippen molar-refractivity contribution >= 4 is 35.2 Å². The van der Waals surface area contributed by atoms with Crippen molar-refractivity contribution in [1.82, 2.24) is 4.90 Å². The monoisotopic (exact) mass is 402 g/mol. The molecule has 1 N–H and O–H groups in total. The minimum absolute atomic E-state index is 0.145. The second kappa shape index (κ2) is 7.06. The average molecular weight is 402 g/mol. The minimum Gasteiger partial charge on any atom is -0.454 e.